The number of nitrogens with one attached hydrogen (secondary N) is 1. The molecule has 0 bridgehead atoms. The zero-order valence-electron chi connectivity index (χ0n) is 17.6. The smallest absolute Gasteiger partial charge is 0.258 e. The number of hydrogen-bond acceptors (Lipinski definition) is 3. The van der Waals surface area contributed by atoms with Crippen LogP contribution in [-0.4, -0.2) is 31.7 Å². The SMILES string of the molecule is CCc1cccc(CC)c1NC(=O)c1cc(S(=O)(=O)N2CCCCCC2)ccc1F. The van der Waals surface area contributed by atoms with Gasteiger partial charge in [0.2, 0.25) is 10.0 Å². The van der Waals surface area contributed by atoms with E-state index in [1.807, 2.05) is 32.0 Å². The van der Waals surface area contributed by atoms with Gasteiger partial charge >= 0.3 is 0 Å². The summed E-state index contributed by atoms with van der Waals surface area (Å²) >= 11 is 0. The lowest BCUT2D eigenvalue weighted by Gasteiger charge is -2.20. The van der Waals surface area contributed by atoms with Crippen molar-refractivity contribution in [3.63, 3.8) is 0 Å². The number of amides is 1. The Balaban J connectivity index is 1.93. The highest BCUT2D eigenvalue weighted by Gasteiger charge is 2.27. The van der Waals surface area contributed by atoms with Crippen molar-refractivity contribution in [2.75, 3.05) is 18.4 Å². The zero-order valence-corrected chi connectivity index (χ0v) is 18.4. The maximum atomic E-state index is 14.5. The fraction of sp³-hybridized carbons (Fsp3) is 0.435. The van der Waals surface area contributed by atoms with E-state index >= 15 is 0 Å². The fourth-order valence-corrected chi connectivity index (χ4v) is 5.40. The summed E-state index contributed by atoms with van der Waals surface area (Å²) in [7, 11) is -3.77. The van der Waals surface area contributed by atoms with Crippen LogP contribution in [0.25, 0.3) is 0 Å². The third-order valence-corrected chi connectivity index (χ3v) is 7.52. The number of benzene rings is 2. The second kappa shape index (κ2) is 9.71. The topological polar surface area (TPSA) is 66.5 Å². The number of sulfonamides is 1. The Morgan fingerprint density at radius 3 is 2.17 bits per heavy atom. The van der Waals surface area contributed by atoms with Crippen molar-refractivity contribution in [3.05, 3.63) is 58.9 Å². The van der Waals surface area contributed by atoms with E-state index in [0.29, 0.717) is 18.8 Å². The fourth-order valence-electron chi connectivity index (χ4n) is 3.85. The van der Waals surface area contributed by atoms with Crippen LogP contribution in [0.5, 0.6) is 0 Å². The Hall–Kier alpha value is -2.25. The molecule has 3 rings (SSSR count). The monoisotopic (exact) mass is 432 g/mol. The minimum atomic E-state index is -3.77. The predicted octanol–water partition coefficient (Wildman–Crippen LogP) is 4.77. The third-order valence-electron chi connectivity index (χ3n) is 5.62. The molecule has 1 amide bonds. The Kier molecular flexibility index (Phi) is 7.26. The third kappa shape index (κ3) is 4.73. The average molecular weight is 433 g/mol. The lowest BCUT2D eigenvalue weighted by Crippen LogP contribution is -2.32. The molecule has 1 heterocycles. The summed E-state index contributed by atoms with van der Waals surface area (Å²) in [5, 5.41) is 2.82. The van der Waals surface area contributed by atoms with Crippen LogP contribution in [0, 0.1) is 5.82 Å². The lowest BCUT2D eigenvalue weighted by molar-refractivity contribution is 0.102. The van der Waals surface area contributed by atoms with Gasteiger partial charge in [-0.25, -0.2) is 12.8 Å². The number of anilines is 1. The summed E-state index contributed by atoms with van der Waals surface area (Å²) in [6.45, 7) is 4.87. The molecule has 7 heteroatoms. The molecule has 0 saturated carbocycles. The number of para-hydroxylation sites is 1. The predicted molar refractivity (Wildman–Crippen MR) is 117 cm³/mol. The quantitative estimate of drug-likeness (QED) is 0.715. The molecule has 2 aromatic carbocycles. The van der Waals surface area contributed by atoms with Crippen molar-refractivity contribution in [1.82, 2.24) is 4.31 Å². The van der Waals surface area contributed by atoms with Gasteiger partial charge in [0.15, 0.2) is 0 Å². The molecule has 0 unspecified atom stereocenters. The zero-order chi connectivity index (χ0) is 21.7. The molecule has 0 radical (unpaired) electrons. The number of halogens is 1. The van der Waals surface area contributed by atoms with Crippen molar-refractivity contribution in [2.24, 2.45) is 0 Å². The first-order chi connectivity index (χ1) is 14.4. The van der Waals surface area contributed by atoms with Crippen molar-refractivity contribution < 1.29 is 17.6 Å². The highest BCUT2D eigenvalue weighted by Crippen LogP contribution is 2.26. The van der Waals surface area contributed by atoms with Crippen molar-refractivity contribution in [1.29, 1.82) is 0 Å². The highest BCUT2D eigenvalue weighted by atomic mass is 32.2. The van der Waals surface area contributed by atoms with Gasteiger partial charge in [-0.3, -0.25) is 4.79 Å². The first-order valence-electron chi connectivity index (χ1n) is 10.6. The van der Waals surface area contributed by atoms with E-state index in [1.165, 1.54) is 10.4 Å². The summed E-state index contributed by atoms with van der Waals surface area (Å²) in [5.41, 5.74) is 2.32. The van der Waals surface area contributed by atoms with Gasteiger partial charge in [-0.05, 0) is 55.0 Å². The summed E-state index contributed by atoms with van der Waals surface area (Å²) < 4.78 is 42.1. The Morgan fingerprint density at radius 2 is 1.60 bits per heavy atom. The van der Waals surface area contributed by atoms with Crippen LogP contribution in [0.1, 0.15) is 61.0 Å². The molecule has 0 atom stereocenters. The molecule has 30 heavy (non-hydrogen) atoms. The molecular weight excluding hydrogens is 403 g/mol. The molecule has 5 nitrogen and oxygen atoms in total. The first-order valence-corrected chi connectivity index (χ1v) is 12.0. The van der Waals surface area contributed by atoms with Gasteiger partial charge in [-0.2, -0.15) is 4.31 Å². The van der Waals surface area contributed by atoms with Crippen LogP contribution in [0.4, 0.5) is 10.1 Å². The van der Waals surface area contributed by atoms with E-state index < -0.39 is 21.7 Å². The summed E-state index contributed by atoms with van der Waals surface area (Å²) in [4.78, 5) is 12.9. The van der Waals surface area contributed by atoms with Gasteiger partial charge < -0.3 is 5.32 Å². The molecule has 1 saturated heterocycles. The maximum Gasteiger partial charge on any atom is 0.258 e. The summed E-state index contributed by atoms with van der Waals surface area (Å²) in [5.74, 6) is -1.38. The van der Waals surface area contributed by atoms with Gasteiger partial charge in [0.05, 0.1) is 10.5 Å². The number of carbonyl (C=O) groups is 1. The van der Waals surface area contributed by atoms with Crippen molar-refractivity contribution in [2.45, 2.75) is 57.3 Å². The van der Waals surface area contributed by atoms with Crippen LogP contribution >= 0.6 is 0 Å². The standard InChI is InChI=1S/C23H29FN2O3S/c1-3-17-10-9-11-18(4-2)22(17)25-23(27)20-16-19(12-13-21(20)24)30(28,29)26-14-7-5-6-8-15-26/h9-13,16H,3-8,14-15H2,1-2H3,(H,25,27). The van der Waals surface area contributed by atoms with E-state index in [1.54, 1.807) is 0 Å². The minimum Gasteiger partial charge on any atom is -0.321 e. The van der Waals surface area contributed by atoms with E-state index in [0.717, 1.165) is 61.8 Å². The van der Waals surface area contributed by atoms with Crippen LogP contribution < -0.4 is 5.32 Å². The molecule has 1 aliphatic rings. The number of rotatable bonds is 6. The van der Waals surface area contributed by atoms with E-state index in [4.69, 9.17) is 0 Å². The molecule has 1 N–H and O–H groups in total. The first kappa shape index (κ1) is 22.4. The van der Waals surface area contributed by atoms with E-state index in [2.05, 4.69) is 5.32 Å². The normalized spacial score (nSPS) is 15.6. The van der Waals surface area contributed by atoms with Crippen LogP contribution in [-0.2, 0) is 22.9 Å². The van der Waals surface area contributed by atoms with Gasteiger partial charge in [0.25, 0.3) is 5.91 Å². The molecule has 0 aromatic heterocycles. The summed E-state index contributed by atoms with van der Waals surface area (Å²) in [6.07, 6.45) is 5.05. The van der Waals surface area contributed by atoms with Crippen molar-refractivity contribution >= 4 is 21.6 Å². The summed E-state index contributed by atoms with van der Waals surface area (Å²) in [6, 6.07) is 9.24. The number of hydrogen-bond donors (Lipinski definition) is 1. The maximum absolute atomic E-state index is 14.5. The Labute approximate surface area is 178 Å². The number of carbonyl (C=O) groups excluding carboxylic acids is 1. The van der Waals surface area contributed by atoms with E-state index in [-0.39, 0.29) is 10.5 Å². The molecular formula is C23H29FN2O3S. The van der Waals surface area contributed by atoms with Gasteiger partial charge in [0, 0.05) is 18.8 Å². The molecule has 1 aliphatic heterocycles. The Bertz CT molecular complexity index is 991. The lowest BCUT2D eigenvalue weighted by atomic mass is 10.0. The van der Waals surface area contributed by atoms with Gasteiger partial charge in [-0.15, -0.1) is 0 Å². The highest BCUT2D eigenvalue weighted by molar-refractivity contribution is 7.89. The second-order valence-corrected chi connectivity index (χ2v) is 9.51. The molecule has 0 spiro atoms. The number of aryl methyl sites for hydroxylation is 2. The Morgan fingerprint density at radius 1 is 1.00 bits per heavy atom. The minimum absolute atomic E-state index is 0.0459. The number of nitrogens with zero attached hydrogens (tertiary/aromatic N) is 1. The second-order valence-electron chi connectivity index (χ2n) is 7.57. The van der Waals surface area contributed by atoms with Crippen molar-refractivity contribution in [3.8, 4) is 0 Å². The van der Waals surface area contributed by atoms with Crippen LogP contribution in [0.2, 0.25) is 0 Å². The van der Waals surface area contributed by atoms with Crippen LogP contribution in [0.15, 0.2) is 41.3 Å². The molecule has 1 fully saturated rings. The molecule has 162 valence electrons. The van der Waals surface area contributed by atoms with E-state index in [9.17, 15) is 17.6 Å². The molecule has 0 aliphatic carbocycles. The average Bonchev–Trinajstić information content (AvgIpc) is 3.04. The van der Waals surface area contributed by atoms with Crippen LogP contribution in [0.3, 0.4) is 0 Å². The van der Waals surface area contributed by atoms with Gasteiger partial charge in [0.1, 0.15) is 5.82 Å². The largest absolute Gasteiger partial charge is 0.321 e. The van der Waals surface area contributed by atoms with Gasteiger partial charge in [-0.1, -0.05) is 44.9 Å². The molecule has 2 aromatic rings.